The van der Waals surface area contributed by atoms with Crippen molar-refractivity contribution in [2.24, 2.45) is 5.73 Å². The van der Waals surface area contributed by atoms with Crippen molar-refractivity contribution in [3.8, 4) is 0 Å². The maximum Gasteiger partial charge on any atom is 0.243 e. The van der Waals surface area contributed by atoms with Crippen molar-refractivity contribution in [3.05, 3.63) is 24.3 Å². The molecular formula is C14H22ClN3O4S. The second kappa shape index (κ2) is 7.59. The largest absolute Gasteiger partial charge is 0.379 e. The SMILES string of the molecule is CC(C)(N)C(=O)Nc1cccc(S(=O)(=O)N2CCOCC2)c1.Cl. The van der Waals surface area contributed by atoms with Crippen LogP contribution in [0.1, 0.15) is 13.8 Å². The van der Waals surface area contributed by atoms with Crippen molar-refractivity contribution in [3.63, 3.8) is 0 Å². The third-order valence-electron chi connectivity index (χ3n) is 3.28. The zero-order chi connectivity index (χ0) is 16.4. The highest BCUT2D eigenvalue weighted by Crippen LogP contribution is 2.21. The van der Waals surface area contributed by atoms with E-state index in [1.54, 1.807) is 26.0 Å². The summed E-state index contributed by atoms with van der Waals surface area (Å²) in [6.07, 6.45) is 0. The van der Waals surface area contributed by atoms with Crippen LogP contribution in [0.15, 0.2) is 29.2 Å². The number of amides is 1. The normalized spacial score (nSPS) is 16.5. The molecule has 1 heterocycles. The number of nitrogens with one attached hydrogen (secondary N) is 1. The number of benzene rings is 1. The van der Waals surface area contributed by atoms with Gasteiger partial charge < -0.3 is 15.8 Å². The maximum atomic E-state index is 12.6. The second-order valence-corrected chi connectivity index (χ2v) is 7.66. The molecule has 0 aliphatic carbocycles. The van der Waals surface area contributed by atoms with Gasteiger partial charge in [0.05, 0.1) is 23.6 Å². The summed E-state index contributed by atoms with van der Waals surface area (Å²) in [7, 11) is -3.59. The topological polar surface area (TPSA) is 102 Å². The number of hydrogen-bond acceptors (Lipinski definition) is 5. The minimum Gasteiger partial charge on any atom is -0.379 e. The second-order valence-electron chi connectivity index (χ2n) is 5.72. The van der Waals surface area contributed by atoms with Gasteiger partial charge >= 0.3 is 0 Å². The third-order valence-corrected chi connectivity index (χ3v) is 5.18. The summed E-state index contributed by atoms with van der Waals surface area (Å²) in [5, 5.41) is 2.63. The molecule has 7 nitrogen and oxygen atoms in total. The molecule has 0 radical (unpaired) electrons. The third kappa shape index (κ3) is 4.89. The first-order valence-electron chi connectivity index (χ1n) is 6.99. The lowest BCUT2D eigenvalue weighted by molar-refractivity contribution is -0.120. The van der Waals surface area contributed by atoms with E-state index >= 15 is 0 Å². The number of ether oxygens (including phenoxy) is 1. The molecule has 1 fully saturated rings. The highest BCUT2D eigenvalue weighted by atomic mass is 35.5. The van der Waals surface area contributed by atoms with E-state index in [1.165, 1.54) is 16.4 Å². The molecule has 2 rings (SSSR count). The Morgan fingerprint density at radius 2 is 1.91 bits per heavy atom. The number of carbonyl (C=O) groups excluding carboxylic acids is 1. The molecule has 0 unspecified atom stereocenters. The minimum atomic E-state index is -3.59. The van der Waals surface area contributed by atoms with Crippen molar-refractivity contribution in [2.45, 2.75) is 24.3 Å². The molecule has 0 aromatic heterocycles. The van der Waals surface area contributed by atoms with Crippen LogP contribution in [0.25, 0.3) is 0 Å². The Morgan fingerprint density at radius 3 is 2.48 bits per heavy atom. The Balaban J connectivity index is 0.00000264. The zero-order valence-electron chi connectivity index (χ0n) is 13.1. The van der Waals surface area contributed by atoms with E-state index in [0.717, 1.165) is 0 Å². The van der Waals surface area contributed by atoms with Crippen LogP contribution in [0, 0.1) is 0 Å². The summed E-state index contributed by atoms with van der Waals surface area (Å²) < 4.78 is 31.7. The number of nitrogens with zero attached hydrogens (tertiary/aromatic N) is 1. The summed E-state index contributed by atoms with van der Waals surface area (Å²) in [6.45, 7) is 4.59. The molecule has 1 amide bonds. The Morgan fingerprint density at radius 1 is 1.30 bits per heavy atom. The van der Waals surface area contributed by atoms with Gasteiger partial charge in [0.2, 0.25) is 15.9 Å². The minimum absolute atomic E-state index is 0. The monoisotopic (exact) mass is 363 g/mol. The van der Waals surface area contributed by atoms with Crippen LogP contribution >= 0.6 is 12.4 Å². The van der Waals surface area contributed by atoms with Gasteiger partial charge in [-0.3, -0.25) is 4.79 Å². The fraction of sp³-hybridized carbons (Fsp3) is 0.500. The van der Waals surface area contributed by atoms with Gasteiger partial charge in [-0.25, -0.2) is 8.42 Å². The molecule has 1 aromatic rings. The van der Waals surface area contributed by atoms with Gasteiger partial charge in [0.25, 0.3) is 0 Å². The van der Waals surface area contributed by atoms with E-state index in [0.29, 0.717) is 32.0 Å². The molecule has 1 aliphatic heterocycles. The average molecular weight is 364 g/mol. The Hall–Kier alpha value is -1.19. The summed E-state index contributed by atoms with van der Waals surface area (Å²) >= 11 is 0. The van der Waals surface area contributed by atoms with E-state index < -0.39 is 15.6 Å². The van der Waals surface area contributed by atoms with E-state index in [4.69, 9.17) is 10.5 Å². The molecule has 23 heavy (non-hydrogen) atoms. The molecule has 0 bridgehead atoms. The predicted molar refractivity (Wildman–Crippen MR) is 90.2 cm³/mol. The number of sulfonamides is 1. The summed E-state index contributed by atoms with van der Waals surface area (Å²) in [4.78, 5) is 12.0. The number of anilines is 1. The Bertz CT molecular complexity index is 652. The lowest BCUT2D eigenvalue weighted by atomic mass is 10.1. The quantitative estimate of drug-likeness (QED) is 0.824. The van der Waals surface area contributed by atoms with Gasteiger partial charge in [0, 0.05) is 18.8 Å². The van der Waals surface area contributed by atoms with Crippen molar-refractivity contribution in [1.29, 1.82) is 0 Å². The fourth-order valence-corrected chi connectivity index (χ4v) is 3.42. The van der Waals surface area contributed by atoms with E-state index in [1.807, 2.05) is 0 Å². The van der Waals surface area contributed by atoms with Crippen molar-refractivity contribution in [1.82, 2.24) is 4.31 Å². The first-order chi connectivity index (χ1) is 10.2. The first kappa shape index (κ1) is 19.9. The highest BCUT2D eigenvalue weighted by molar-refractivity contribution is 7.89. The average Bonchev–Trinajstić information content (AvgIpc) is 2.47. The van der Waals surface area contributed by atoms with Gasteiger partial charge in [0.15, 0.2) is 0 Å². The fourth-order valence-electron chi connectivity index (χ4n) is 1.96. The van der Waals surface area contributed by atoms with Crippen LogP contribution in [-0.4, -0.2) is 50.5 Å². The Kier molecular flexibility index (Phi) is 6.55. The van der Waals surface area contributed by atoms with Gasteiger partial charge in [0.1, 0.15) is 0 Å². The van der Waals surface area contributed by atoms with Gasteiger partial charge in [-0.05, 0) is 32.0 Å². The number of carbonyl (C=O) groups is 1. The lowest BCUT2D eigenvalue weighted by Crippen LogP contribution is -2.45. The van der Waals surface area contributed by atoms with Gasteiger partial charge in [-0.2, -0.15) is 4.31 Å². The van der Waals surface area contributed by atoms with Crippen LogP contribution in [-0.2, 0) is 19.6 Å². The van der Waals surface area contributed by atoms with E-state index in [-0.39, 0.29) is 23.2 Å². The summed E-state index contributed by atoms with van der Waals surface area (Å²) in [5.74, 6) is -0.381. The molecule has 3 N–H and O–H groups in total. The highest BCUT2D eigenvalue weighted by Gasteiger charge is 2.27. The van der Waals surface area contributed by atoms with Crippen LogP contribution < -0.4 is 11.1 Å². The molecule has 0 saturated carbocycles. The zero-order valence-corrected chi connectivity index (χ0v) is 14.7. The maximum absolute atomic E-state index is 12.6. The van der Waals surface area contributed by atoms with Crippen molar-refractivity contribution >= 4 is 34.0 Å². The molecule has 0 spiro atoms. The molecule has 0 atom stereocenters. The van der Waals surface area contributed by atoms with Crippen LogP contribution in [0.3, 0.4) is 0 Å². The molecular weight excluding hydrogens is 342 g/mol. The Labute approximate surface area is 142 Å². The van der Waals surface area contributed by atoms with Crippen LogP contribution in [0.4, 0.5) is 5.69 Å². The predicted octanol–water partition coefficient (Wildman–Crippen LogP) is 0.805. The number of rotatable bonds is 4. The standard InChI is InChI=1S/C14H21N3O4S.ClH/c1-14(2,15)13(18)16-11-4-3-5-12(10-11)22(19,20)17-6-8-21-9-7-17;/h3-5,10H,6-9,15H2,1-2H3,(H,16,18);1H. The smallest absolute Gasteiger partial charge is 0.243 e. The number of morpholine rings is 1. The van der Waals surface area contributed by atoms with Crippen molar-refractivity contribution < 1.29 is 17.9 Å². The van der Waals surface area contributed by atoms with E-state index in [9.17, 15) is 13.2 Å². The van der Waals surface area contributed by atoms with E-state index in [2.05, 4.69) is 5.32 Å². The van der Waals surface area contributed by atoms with Crippen molar-refractivity contribution in [2.75, 3.05) is 31.6 Å². The van der Waals surface area contributed by atoms with Gasteiger partial charge in [-0.15, -0.1) is 12.4 Å². The number of halogens is 1. The first-order valence-corrected chi connectivity index (χ1v) is 8.43. The summed E-state index contributed by atoms with van der Waals surface area (Å²) in [6, 6.07) is 6.16. The molecule has 1 aromatic carbocycles. The lowest BCUT2D eigenvalue weighted by Gasteiger charge is -2.26. The summed E-state index contributed by atoms with van der Waals surface area (Å²) in [5.41, 5.74) is 5.07. The van der Waals surface area contributed by atoms with Crippen LogP contribution in [0.2, 0.25) is 0 Å². The molecule has 1 aliphatic rings. The van der Waals surface area contributed by atoms with Crippen LogP contribution in [0.5, 0.6) is 0 Å². The molecule has 130 valence electrons. The molecule has 1 saturated heterocycles. The number of nitrogens with two attached hydrogens (primary N) is 1. The van der Waals surface area contributed by atoms with Gasteiger partial charge in [-0.1, -0.05) is 6.07 Å². The number of hydrogen-bond donors (Lipinski definition) is 2. The molecule has 9 heteroatoms.